The fourth-order valence-electron chi connectivity index (χ4n) is 2.40. The van der Waals surface area contributed by atoms with Gasteiger partial charge in [0.05, 0.1) is 0 Å². The van der Waals surface area contributed by atoms with E-state index in [1.165, 1.54) is 12.8 Å². The largest absolute Gasteiger partial charge is 0.508 e. The van der Waals surface area contributed by atoms with Crippen molar-refractivity contribution in [1.29, 1.82) is 0 Å². The third-order valence-corrected chi connectivity index (χ3v) is 3.17. The Morgan fingerprint density at radius 1 is 1.25 bits per heavy atom. The van der Waals surface area contributed by atoms with Crippen LogP contribution in [-0.4, -0.2) is 18.4 Å². The van der Waals surface area contributed by atoms with E-state index in [0.29, 0.717) is 5.75 Å². The molecule has 0 bridgehead atoms. The summed E-state index contributed by atoms with van der Waals surface area (Å²) in [6, 6.07) is 3.65. The summed E-state index contributed by atoms with van der Waals surface area (Å²) in [5.41, 5.74) is 1.02. The number of hydrogen-bond acceptors (Lipinski definition) is 4. The molecule has 2 aliphatic rings. The van der Waals surface area contributed by atoms with E-state index in [9.17, 15) is 5.11 Å². The molecule has 0 saturated carbocycles. The predicted octanol–water partition coefficient (Wildman–Crippen LogP) is 1.94. The third-order valence-electron chi connectivity index (χ3n) is 3.17. The second-order valence-electron chi connectivity index (χ2n) is 4.27. The molecule has 2 heterocycles. The number of aromatic hydroxyl groups is 1. The summed E-state index contributed by atoms with van der Waals surface area (Å²) in [5.74, 6) is 1.69. The van der Waals surface area contributed by atoms with Gasteiger partial charge in [-0.25, -0.2) is 0 Å². The van der Waals surface area contributed by atoms with Gasteiger partial charge in [-0.2, -0.15) is 0 Å². The molecule has 1 saturated heterocycles. The highest BCUT2D eigenvalue weighted by atomic mass is 16.7. The molecule has 4 nitrogen and oxygen atoms in total. The maximum absolute atomic E-state index is 9.64. The zero-order chi connectivity index (χ0) is 11.0. The number of phenols is 1. The van der Waals surface area contributed by atoms with Crippen LogP contribution in [0.5, 0.6) is 17.2 Å². The van der Waals surface area contributed by atoms with Gasteiger partial charge in [-0.1, -0.05) is 6.42 Å². The van der Waals surface area contributed by atoms with Gasteiger partial charge in [-0.05, 0) is 25.5 Å². The van der Waals surface area contributed by atoms with Gasteiger partial charge in [-0.3, -0.25) is 0 Å². The van der Waals surface area contributed by atoms with Crippen LogP contribution in [0.2, 0.25) is 0 Å². The Morgan fingerprint density at radius 3 is 3.00 bits per heavy atom. The van der Waals surface area contributed by atoms with E-state index >= 15 is 0 Å². The van der Waals surface area contributed by atoms with Crippen molar-refractivity contribution in [2.45, 2.75) is 25.3 Å². The Bertz CT molecular complexity index is 399. The van der Waals surface area contributed by atoms with Crippen LogP contribution in [0.3, 0.4) is 0 Å². The molecule has 0 aromatic heterocycles. The van der Waals surface area contributed by atoms with Crippen LogP contribution in [0.25, 0.3) is 0 Å². The van der Waals surface area contributed by atoms with Gasteiger partial charge in [0.2, 0.25) is 6.79 Å². The molecule has 1 unspecified atom stereocenters. The second kappa shape index (κ2) is 3.87. The van der Waals surface area contributed by atoms with Crippen molar-refractivity contribution in [3.63, 3.8) is 0 Å². The molecule has 0 aliphatic carbocycles. The smallest absolute Gasteiger partial charge is 0.231 e. The maximum Gasteiger partial charge on any atom is 0.231 e. The molecule has 4 heteroatoms. The summed E-state index contributed by atoms with van der Waals surface area (Å²) < 4.78 is 10.8. The first-order valence-corrected chi connectivity index (χ1v) is 5.70. The van der Waals surface area contributed by atoms with E-state index in [1.807, 2.05) is 0 Å². The van der Waals surface area contributed by atoms with Gasteiger partial charge in [0.15, 0.2) is 11.5 Å². The molecule has 16 heavy (non-hydrogen) atoms. The Labute approximate surface area is 94.2 Å². The number of nitrogens with one attached hydrogen (secondary N) is 1. The van der Waals surface area contributed by atoms with Gasteiger partial charge >= 0.3 is 0 Å². The van der Waals surface area contributed by atoms with Crippen LogP contribution in [0.4, 0.5) is 0 Å². The van der Waals surface area contributed by atoms with Crippen LogP contribution < -0.4 is 14.8 Å². The Morgan fingerprint density at radius 2 is 2.19 bits per heavy atom. The zero-order valence-electron chi connectivity index (χ0n) is 9.03. The van der Waals surface area contributed by atoms with E-state index in [2.05, 4.69) is 5.32 Å². The molecule has 86 valence electrons. The van der Waals surface area contributed by atoms with Crippen molar-refractivity contribution >= 4 is 0 Å². The molecule has 0 radical (unpaired) electrons. The molecule has 0 spiro atoms. The number of piperidine rings is 1. The maximum atomic E-state index is 9.64. The average Bonchev–Trinajstić information content (AvgIpc) is 2.77. The summed E-state index contributed by atoms with van der Waals surface area (Å²) in [5, 5.41) is 13.1. The third kappa shape index (κ3) is 1.59. The Kier molecular flexibility index (Phi) is 2.36. The molecule has 0 amide bonds. The highest BCUT2D eigenvalue weighted by Crippen LogP contribution is 2.43. The molecule has 2 aliphatic heterocycles. The lowest BCUT2D eigenvalue weighted by atomic mass is 9.96. The summed E-state index contributed by atoms with van der Waals surface area (Å²) in [4.78, 5) is 0. The molecule has 1 aromatic carbocycles. The minimum atomic E-state index is 0.242. The standard InChI is InChI=1S/C12H15NO3/c14-8-5-9(10-3-1-2-4-13-10)12-11(6-8)15-7-16-12/h5-6,10,13-14H,1-4,7H2. The van der Waals surface area contributed by atoms with Crippen LogP contribution in [0.1, 0.15) is 30.9 Å². The van der Waals surface area contributed by atoms with Crippen molar-refractivity contribution in [2.24, 2.45) is 0 Å². The van der Waals surface area contributed by atoms with E-state index in [-0.39, 0.29) is 18.6 Å². The Hall–Kier alpha value is -1.42. The Balaban J connectivity index is 1.99. The van der Waals surface area contributed by atoms with Crippen LogP contribution in [-0.2, 0) is 0 Å². The van der Waals surface area contributed by atoms with Crippen molar-refractivity contribution in [3.8, 4) is 17.2 Å². The van der Waals surface area contributed by atoms with Crippen LogP contribution >= 0.6 is 0 Å². The van der Waals surface area contributed by atoms with E-state index < -0.39 is 0 Å². The zero-order valence-corrected chi connectivity index (χ0v) is 9.03. The monoisotopic (exact) mass is 221 g/mol. The topological polar surface area (TPSA) is 50.7 Å². The molecular formula is C12H15NO3. The average molecular weight is 221 g/mol. The molecule has 1 aromatic rings. The quantitative estimate of drug-likeness (QED) is 0.761. The highest BCUT2D eigenvalue weighted by molar-refractivity contribution is 5.54. The fraction of sp³-hybridized carbons (Fsp3) is 0.500. The lowest BCUT2D eigenvalue weighted by molar-refractivity contribution is 0.172. The summed E-state index contributed by atoms with van der Waals surface area (Å²) in [6.45, 7) is 1.27. The number of benzene rings is 1. The molecule has 1 fully saturated rings. The number of fused-ring (bicyclic) bond motifs is 1. The second-order valence-corrected chi connectivity index (χ2v) is 4.27. The van der Waals surface area contributed by atoms with Gasteiger partial charge in [-0.15, -0.1) is 0 Å². The van der Waals surface area contributed by atoms with E-state index in [4.69, 9.17) is 9.47 Å². The lowest BCUT2D eigenvalue weighted by Crippen LogP contribution is -2.26. The van der Waals surface area contributed by atoms with Crippen molar-refractivity contribution in [2.75, 3.05) is 13.3 Å². The van der Waals surface area contributed by atoms with Crippen molar-refractivity contribution < 1.29 is 14.6 Å². The van der Waals surface area contributed by atoms with Gasteiger partial charge in [0.25, 0.3) is 0 Å². The molecular weight excluding hydrogens is 206 g/mol. The number of hydrogen-bond donors (Lipinski definition) is 2. The fourth-order valence-corrected chi connectivity index (χ4v) is 2.40. The molecule has 2 N–H and O–H groups in total. The lowest BCUT2D eigenvalue weighted by Gasteiger charge is -2.24. The summed E-state index contributed by atoms with van der Waals surface area (Å²) >= 11 is 0. The van der Waals surface area contributed by atoms with Crippen LogP contribution in [0.15, 0.2) is 12.1 Å². The normalized spacial score (nSPS) is 23.4. The minimum absolute atomic E-state index is 0.242. The minimum Gasteiger partial charge on any atom is -0.508 e. The highest BCUT2D eigenvalue weighted by Gasteiger charge is 2.25. The molecule has 3 rings (SSSR count). The van der Waals surface area contributed by atoms with E-state index in [1.54, 1.807) is 12.1 Å². The first kappa shape index (κ1) is 9.78. The van der Waals surface area contributed by atoms with Crippen LogP contribution in [0, 0.1) is 0 Å². The van der Waals surface area contributed by atoms with Crippen molar-refractivity contribution in [3.05, 3.63) is 17.7 Å². The predicted molar refractivity (Wildman–Crippen MR) is 58.8 cm³/mol. The first-order valence-electron chi connectivity index (χ1n) is 5.70. The first-order chi connectivity index (χ1) is 7.84. The van der Waals surface area contributed by atoms with E-state index in [0.717, 1.165) is 24.3 Å². The van der Waals surface area contributed by atoms with Gasteiger partial charge in [0.1, 0.15) is 5.75 Å². The molecule has 1 atom stereocenters. The SMILES string of the molecule is Oc1cc2c(c(C3CCCCN3)c1)OCO2. The summed E-state index contributed by atoms with van der Waals surface area (Å²) in [7, 11) is 0. The van der Waals surface area contributed by atoms with Gasteiger partial charge in [0, 0.05) is 17.7 Å². The van der Waals surface area contributed by atoms with Gasteiger partial charge < -0.3 is 19.9 Å². The van der Waals surface area contributed by atoms with Crippen molar-refractivity contribution in [1.82, 2.24) is 5.32 Å². The number of ether oxygens (including phenoxy) is 2. The number of rotatable bonds is 1. The summed E-state index contributed by atoms with van der Waals surface area (Å²) in [6.07, 6.45) is 3.51. The number of phenolic OH excluding ortho intramolecular Hbond substituents is 1.